The van der Waals surface area contributed by atoms with Crippen molar-refractivity contribution in [2.75, 3.05) is 40.5 Å². The van der Waals surface area contributed by atoms with Crippen LogP contribution in [-0.4, -0.2) is 63.3 Å². The summed E-state index contributed by atoms with van der Waals surface area (Å²) in [6.45, 7) is 2.44. The maximum atomic E-state index is 11.5. The van der Waals surface area contributed by atoms with Crippen molar-refractivity contribution >= 4 is 11.8 Å². The molecule has 0 aromatic carbocycles. The number of ether oxygens (including phenoxy) is 2. The molecule has 1 rings (SSSR count). The Morgan fingerprint density at radius 2 is 2.12 bits per heavy atom. The van der Waals surface area contributed by atoms with Gasteiger partial charge in [-0.05, 0) is 6.42 Å². The topological polar surface area (TPSA) is 67.9 Å². The van der Waals surface area contributed by atoms with Crippen LogP contribution in [-0.2, 0) is 19.1 Å². The quantitative estimate of drug-likeness (QED) is 0.455. The first-order valence-electron chi connectivity index (χ1n) is 5.77. The van der Waals surface area contributed by atoms with Crippen LogP contribution in [0.5, 0.6) is 0 Å². The van der Waals surface area contributed by atoms with E-state index in [1.807, 2.05) is 0 Å². The molecule has 0 aromatic heterocycles. The number of carbonyl (C=O) groups excluding carboxylic acids is 2. The Morgan fingerprint density at radius 1 is 1.35 bits per heavy atom. The van der Waals surface area contributed by atoms with Gasteiger partial charge in [-0.25, -0.2) is 0 Å². The van der Waals surface area contributed by atoms with Gasteiger partial charge in [-0.2, -0.15) is 0 Å². The largest absolute Gasteiger partial charge is 0.385 e. The summed E-state index contributed by atoms with van der Waals surface area (Å²) in [4.78, 5) is 23.9. The molecule has 1 heterocycles. The number of nitrogens with one attached hydrogen (secondary N) is 1. The third-order valence-electron chi connectivity index (χ3n) is 2.66. The zero-order chi connectivity index (χ0) is 12.7. The molecule has 0 bridgehead atoms. The lowest BCUT2D eigenvalue weighted by Gasteiger charge is -2.11. The Hall–Kier alpha value is -0.980. The average Bonchev–Trinajstić information content (AvgIpc) is 2.56. The van der Waals surface area contributed by atoms with Crippen LogP contribution >= 0.6 is 0 Å². The van der Waals surface area contributed by atoms with Gasteiger partial charge in [0, 0.05) is 33.9 Å². The Balaban J connectivity index is 2.04. The van der Waals surface area contributed by atoms with E-state index in [1.165, 1.54) is 7.05 Å². The van der Waals surface area contributed by atoms with E-state index in [2.05, 4.69) is 5.32 Å². The van der Waals surface area contributed by atoms with E-state index in [-0.39, 0.29) is 24.3 Å². The van der Waals surface area contributed by atoms with Gasteiger partial charge in [-0.3, -0.25) is 14.5 Å². The zero-order valence-corrected chi connectivity index (χ0v) is 10.4. The molecule has 1 aliphatic heterocycles. The SMILES string of the molecule is COCCCOCCNC1CC(=O)N(C)C1=O. The Kier molecular flexibility index (Phi) is 6.10. The Morgan fingerprint density at radius 3 is 2.71 bits per heavy atom. The highest BCUT2D eigenvalue weighted by Crippen LogP contribution is 2.09. The zero-order valence-electron chi connectivity index (χ0n) is 10.4. The molecular weight excluding hydrogens is 224 g/mol. The maximum Gasteiger partial charge on any atom is 0.246 e. The highest BCUT2D eigenvalue weighted by Gasteiger charge is 2.35. The van der Waals surface area contributed by atoms with Crippen molar-refractivity contribution in [3.8, 4) is 0 Å². The molecule has 1 fully saturated rings. The van der Waals surface area contributed by atoms with Gasteiger partial charge in [-0.1, -0.05) is 0 Å². The van der Waals surface area contributed by atoms with Crippen molar-refractivity contribution in [1.29, 1.82) is 0 Å². The summed E-state index contributed by atoms with van der Waals surface area (Å²) >= 11 is 0. The van der Waals surface area contributed by atoms with Crippen LogP contribution in [0.2, 0.25) is 0 Å². The van der Waals surface area contributed by atoms with Gasteiger partial charge in [0.25, 0.3) is 0 Å². The van der Waals surface area contributed by atoms with Crippen molar-refractivity contribution < 1.29 is 19.1 Å². The fraction of sp³-hybridized carbons (Fsp3) is 0.818. The number of imide groups is 1. The van der Waals surface area contributed by atoms with E-state index in [9.17, 15) is 9.59 Å². The van der Waals surface area contributed by atoms with Crippen molar-refractivity contribution in [3.05, 3.63) is 0 Å². The fourth-order valence-electron chi connectivity index (χ4n) is 1.63. The third kappa shape index (κ3) is 4.41. The molecule has 0 saturated carbocycles. The van der Waals surface area contributed by atoms with Crippen LogP contribution in [0.15, 0.2) is 0 Å². The molecular formula is C11H20N2O4. The first-order valence-corrected chi connectivity index (χ1v) is 5.77. The van der Waals surface area contributed by atoms with Gasteiger partial charge >= 0.3 is 0 Å². The molecule has 1 N–H and O–H groups in total. The number of carbonyl (C=O) groups is 2. The van der Waals surface area contributed by atoms with E-state index < -0.39 is 0 Å². The monoisotopic (exact) mass is 244 g/mol. The number of nitrogens with zero attached hydrogens (tertiary/aromatic N) is 1. The van der Waals surface area contributed by atoms with E-state index in [4.69, 9.17) is 9.47 Å². The maximum absolute atomic E-state index is 11.5. The first kappa shape index (κ1) is 14.1. The highest BCUT2D eigenvalue weighted by molar-refractivity contribution is 6.05. The number of likely N-dealkylation sites (N-methyl/N-ethyl adjacent to an activating group) is 1. The number of rotatable bonds is 8. The minimum absolute atomic E-state index is 0.131. The van der Waals surface area contributed by atoms with E-state index in [0.29, 0.717) is 26.4 Å². The second-order valence-corrected chi connectivity index (χ2v) is 3.96. The predicted molar refractivity (Wildman–Crippen MR) is 61.5 cm³/mol. The molecule has 1 atom stereocenters. The molecule has 6 nitrogen and oxygen atoms in total. The average molecular weight is 244 g/mol. The molecule has 0 radical (unpaired) electrons. The lowest BCUT2D eigenvalue weighted by molar-refractivity contribution is -0.137. The number of amides is 2. The van der Waals surface area contributed by atoms with Gasteiger partial charge in [0.05, 0.1) is 19.1 Å². The summed E-state index contributed by atoms with van der Waals surface area (Å²) < 4.78 is 10.2. The first-order chi connectivity index (χ1) is 8.16. The van der Waals surface area contributed by atoms with Crippen LogP contribution in [0.3, 0.4) is 0 Å². The van der Waals surface area contributed by atoms with Gasteiger partial charge in [-0.15, -0.1) is 0 Å². The number of methoxy groups -OCH3 is 1. The lowest BCUT2D eigenvalue weighted by atomic mass is 10.2. The summed E-state index contributed by atoms with van der Waals surface area (Å²) in [7, 11) is 3.16. The molecule has 2 amide bonds. The number of hydrogen-bond acceptors (Lipinski definition) is 5. The van der Waals surface area contributed by atoms with Crippen LogP contribution in [0.1, 0.15) is 12.8 Å². The summed E-state index contributed by atoms with van der Waals surface area (Å²) in [6, 6.07) is -0.380. The highest BCUT2D eigenvalue weighted by atomic mass is 16.5. The second-order valence-electron chi connectivity index (χ2n) is 3.96. The van der Waals surface area contributed by atoms with Crippen LogP contribution < -0.4 is 5.32 Å². The van der Waals surface area contributed by atoms with Crippen molar-refractivity contribution in [2.24, 2.45) is 0 Å². The van der Waals surface area contributed by atoms with Crippen LogP contribution in [0.4, 0.5) is 0 Å². The molecule has 0 aliphatic carbocycles. The second kappa shape index (κ2) is 7.37. The summed E-state index contributed by atoms with van der Waals surface area (Å²) in [5, 5.41) is 3.01. The van der Waals surface area contributed by atoms with E-state index in [0.717, 1.165) is 11.3 Å². The number of likely N-dealkylation sites (tertiary alicyclic amines) is 1. The van der Waals surface area contributed by atoms with E-state index >= 15 is 0 Å². The molecule has 17 heavy (non-hydrogen) atoms. The van der Waals surface area contributed by atoms with Crippen molar-refractivity contribution in [3.63, 3.8) is 0 Å². The molecule has 1 saturated heterocycles. The summed E-state index contributed by atoms with van der Waals surface area (Å²) in [5.74, 6) is -0.289. The predicted octanol–water partition coefficient (Wildman–Crippen LogP) is -0.614. The van der Waals surface area contributed by atoms with E-state index in [1.54, 1.807) is 7.11 Å². The van der Waals surface area contributed by atoms with Gasteiger partial charge in [0.1, 0.15) is 0 Å². The molecule has 98 valence electrons. The Labute approximate surface area is 101 Å². The van der Waals surface area contributed by atoms with Gasteiger partial charge in [0.15, 0.2) is 0 Å². The smallest absolute Gasteiger partial charge is 0.246 e. The summed E-state index contributed by atoms with van der Waals surface area (Å²) in [6.07, 6.45) is 1.11. The van der Waals surface area contributed by atoms with Crippen molar-refractivity contribution in [1.82, 2.24) is 10.2 Å². The molecule has 0 aromatic rings. The van der Waals surface area contributed by atoms with Crippen LogP contribution in [0, 0.1) is 0 Å². The normalized spacial score (nSPS) is 20.4. The van der Waals surface area contributed by atoms with Gasteiger partial charge in [0.2, 0.25) is 11.8 Å². The number of hydrogen-bond donors (Lipinski definition) is 1. The van der Waals surface area contributed by atoms with Gasteiger partial charge < -0.3 is 14.8 Å². The third-order valence-corrected chi connectivity index (χ3v) is 2.66. The molecule has 6 heteroatoms. The minimum Gasteiger partial charge on any atom is -0.385 e. The van der Waals surface area contributed by atoms with Crippen LogP contribution in [0.25, 0.3) is 0 Å². The lowest BCUT2D eigenvalue weighted by Crippen LogP contribution is -2.38. The standard InChI is InChI=1S/C11H20N2O4/c1-13-10(14)8-9(11(13)15)12-4-7-17-6-3-5-16-2/h9,12H,3-8H2,1-2H3. The Bertz CT molecular complexity index is 270. The molecule has 1 aliphatic rings. The molecule has 1 unspecified atom stereocenters. The van der Waals surface area contributed by atoms with Crippen molar-refractivity contribution in [2.45, 2.75) is 18.9 Å². The fourth-order valence-corrected chi connectivity index (χ4v) is 1.63. The minimum atomic E-state index is -0.380. The summed E-state index contributed by atoms with van der Waals surface area (Å²) in [5.41, 5.74) is 0. The molecule has 0 spiro atoms.